The Balaban J connectivity index is 2.14. The van der Waals surface area contributed by atoms with Gasteiger partial charge in [0.15, 0.2) is 5.13 Å². The third-order valence-corrected chi connectivity index (χ3v) is 4.31. The molecule has 0 spiro atoms. The molecule has 0 radical (unpaired) electrons. The number of thiazole rings is 1. The van der Waals surface area contributed by atoms with Crippen molar-refractivity contribution in [1.82, 2.24) is 15.0 Å². The van der Waals surface area contributed by atoms with Gasteiger partial charge in [-0.05, 0) is 35.9 Å². The van der Waals surface area contributed by atoms with E-state index < -0.39 is 0 Å². The number of nitrogens with zero attached hydrogens (tertiary/aromatic N) is 3. The Morgan fingerprint density at radius 2 is 2.00 bits per heavy atom. The first-order chi connectivity index (χ1) is 10.6. The van der Waals surface area contributed by atoms with Gasteiger partial charge >= 0.3 is 0 Å². The smallest absolute Gasteiger partial charge is 0.222 e. The van der Waals surface area contributed by atoms with Crippen LogP contribution in [0.25, 0.3) is 21.8 Å². The molecular weight excluding hydrogens is 343 g/mol. The maximum absolute atomic E-state index is 6.18. The number of anilines is 1. The molecule has 0 aliphatic rings. The van der Waals surface area contributed by atoms with E-state index in [4.69, 9.17) is 33.7 Å². The van der Waals surface area contributed by atoms with Gasteiger partial charge in [-0.15, -0.1) is 0 Å². The fourth-order valence-electron chi connectivity index (χ4n) is 1.98. The van der Waals surface area contributed by atoms with Gasteiger partial charge in [0.1, 0.15) is 5.75 Å². The van der Waals surface area contributed by atoms with Crippen LogP contribution >= 0.6 is 34.5 Å². The minimum absolute atomic E-state index is 0.170. The van der Waals surface area contributed by atoms with Gasteiger partial charge in [-0.3, -0.25) is 0 Å². The molecular formula is C14H10Cl2N4OS. The second-order valence-corrected chi connectivity index (χ2v) is 6.07. The fourth-order valence-corrected chi connectivity index (χ4v) is 3.21. The Morgan fingerprint density at radius 1 is 1.18 bits per heavy atom. The van der Waals surface area contributed by atoms with E-state index in [0.29, 0.717) is 27.3 Å². The summed E-state index contributed by atoms with van der Waals surface area (Å²) in [5.41, 5.74) is 8.04. The summed E-state index contributed by atoms with van der Waals surface area (Å²) in [4.78, 5) is 13.3. The number of halogens is 2. The molecule has 2 aromatic heterocycles. The zero-order valence-corrected chi connectivity index (χ0v) is 13.7. The largest absolute Gasteiger partial charge is 0.495 e. The van der Waals surface area contributed by atoms with Crippen LogP contribution < -0.4 is 10.5 Å². The standard InChI is InChI=1S/C14H10Cl2N4OS/c1-21-10-3-2-7(6-8(10)15)11-12(22-14(17)20-11)9-4-5-18-13(16)19-9/h2-6H,1H3,(H2,17,20). The van der Waals surface area contributed by atoms with Gasteiger partial charge in [0, 0.05) is 11.8 Å². The van der Waals surface area contributed by atoms with E-state index >= 15 is 0 Å². The van der Waals surface area contributed by atoms with Crippen LogP contribution in [0.3, 0.4) is 0 Å². The number of benzene rings is 1. The lowest BCUT2D eigenvalue weighted by Gasteiger charge is -2.06. The number of aromatic nitrogens is 3. The molecule has 0 aliphatic carbocycles. The van der Waals surface area contributed by atoms with E-state index in [1.807, 2.05) is 6.07 Å². The first-order valence-corrected chi connectivity index (χ1v) is 7.75. The number of nitrogens with two attached hydrogens (primary N) is 1. The first kappa shape index (κ1) is 15.0. The lowest BCUT2D eigenvalue weighted by molar-refractivity contribution is 0.415. The molecule has 5 nitrogen and oxygen atoms in total. The van der Waals surface area contributed by atoms with Gasteiger partial charge in [-0.1, -0.05) is 22.9 Å². The molecule has 0 fully saturated rings. The third-order valence-electron chi connectivity index (χ3n) is 2.93. The van der Waals surface area contributed by atoms with Crippen molar-refractivity contribution >= 4 is 39.7 Å². The minimum atomic E-state index is 0.170. The third kappa shape index (κ3) is 2.85. The van der Waals surface area contributed by atoms with E-state index in [-0.39, 0.29) is 5.28 Å². The van der Waals surface area contributed by atoms with Crippen molar-refractivity contribution < 1.29 is 4.74 Å². The van der Waals surface area contributed by atoms with Crippen molar-refractivity contribution in [2.24, 2.45) is 0 Å². The predicted octanol–water partition coefficient (Wildman–Crippen LogP) is 4.16. The van der Waals surface area contributed by atoms with E-state index in [9.17, 15) is 0 Å². The molecule has 0 saturated carbocycles. The molecule has 0 saturated heterocycles. The van der Waals surface area contributed by atoms with Crippen molar-refractivity contribution in [2.45, 2.75) is 0 Å². The average molecular weight is 353 g/mol. The highest BCUT2D eigenvalue weighted by molar-refractivity contribution is 7.19. The van der Waals surface area contributed by atoms with Gasteiger partial charge < -0.3 is 10.5 Å². The molecule has 2 heterocycles. The normalized spacial score (nSPS) is 10.7. The van der Waals surface area contributed by atoms with Crippen molar-refractivity contribution in [3.05, 3.63) is 40.8 Å². The van der Waals surface area contributed by atoms with Crippen molar-refractivity contribution in [3.63, 3.8) is 0 Å². The lowest BCUT2D eigenvalue weighted by Crippen LogP contribution is -1.89. The summed E-state index contributed by atoms with van der Waals surface area (Å²) in [5, 5.41) is 1.10. The molecule has 0 atom stereocenters. The maximum Gasteiger partial charge on any atom is 0.222 e. The van der Waals surface area contributed by atoms with Crippen LogP contribution in [0.1, 0.15) is 0 Å². The Kier molecular flexibility index (Phi) is 4.15. The van der Waals surface area contributed by atoms with Crippen molar-refractivity contribution in [3.8, 4) is 27.6 Å². The van der Waals surface area contributed by atoms with E-state index in [0.717, 1.165) is 10.4 Å². The summed E-state index contributed by atoms with van der Waals surface area (Å²) in [6, 6.07) is 7.18. The van der Waals surface area contributed by atoms with Gasteiger partial charge in [0.25, 0.3) is 0 Å². The van der Waals surface area contributed by atoms with Crippen LogP contribution in [-0.4, -0.2) is 22.1 Å². The second-order valence-electron chi connectivity index (χ2n) is 4.29. The van der Waals surface area contributed by atoms with Gasteiger partial charge in [-0.2, -0.15) is 0 Å². The number of nitrogen functional groups attached to an aromatic ring is 1. The van der Waals surface area contributed by atoms with Crippen molar-refractivity contribution in [1.29, 1.82) is 0 Å². The molecule has 0 bridgehead atoms. The van der Waals surface area contributed by atoms with E-state index in [2.05, 4.69) is 15.0 Å². The molecule has 0 unspecified atom stereocenters. The molecule has 3 aromatic rings. The Labute approximate surface area is 140 Å². The monoisotopic (exact) mass is 352 g/mol. The minimum Gasteiger partial charge on any atom is -0.495 e. The summed E-state index contributed by atoms with van der Waals surface area (Å²) >= 11 is 13.4. The van der Waals surface area contributed by atoms with Gasteiger partial charge in [0.2, 0.25) is 5.28 Å². The molecule has 2 N–H and O–H groups in total. The van der Waals surface area contributed by atoms with Crippen LogP contribution in [0, 0.1) is 0 Å². The van der Waals surface area contributed by atoms with Crippen molar-refractivity contribution in [2.75, 3.05) is 12.8 Å². The summed E-state index contributed by atoms with van der Waals surface area (Å²) in [6.45, 7) is 0. The number of ether oxygens (including phenoxy) is 1. The molecule has 8 heteroatoms. The van der Waals surface area contributed by atoms with E-state index in [1.54, 1.807) is 31.5 Å². The quantitative estimate of drug-likeness (QED) is 0.716. The van der Waals surface area contributed by atoms with Crippen LogP contribution in [0.4, 0.5) is 5.13 Å². The summed E-state index contributed by atoms with van der Waals surface area (Å²) in [5.74, 6) is 0.597. The summed E-state index contributed by atoms with van der Waals surface area (Å²) in [7, 11) is 1.57. The highest BCUT2D eigenvalue weighted by atomic mass is 35.5. The number of hydrogen-bond donors (Lipinski definition) is 1. The molecule has 3 rings (SSSR count). The number of rotatable bonds is 3. The van der Waals surface area contributed by atoms with Gasteiger partial charge in [0.05, 0.1) is 28.4 Å². The SMILES string of the molecule is COc1ccc(-c2nc(N)sc2-c2ccnc(Cl)n2)cc1Cl. The summed E-state index contributed by atoms with van der Waals surface area (Å²) < 4.78 is 5.16. The van der Waals surface area contributed by atoms with Gasteiger partial charge in [-0.25, -0.2) is 15.0 Å². The molecule has 1 aromatic carbocycles. The summed E-state index contributed by atoms with van der Waals surface area (Å²) in [6.07, 6.45) is 1.59. The fraction of sp³-hybridized carbons (Fsp3) is 0.0714. The first-order valence-electron chi connectivity index (χ1n) is 6.17. The zero-order valence-electron chi connectivity index (χ0n) is 11.4. The molecule has 22 heavy (non-hydrogen) atoms. The van der Waals surface area contributed by atoms with E-state index in [1.165, 1.54) is 11.3 Å². The molecule has 112 valence electrons. The van der Waals surface area contributed by atoms with Crippen LogP contribution in [0.2, 0.25) is 10.3 Å². The highest BCUT2D eigenvalue weighted by Gasteiger charge is 2.16. The van der Waals surface area contributed by atoms with Crippen LogP contribution in [0.15, 0.2) is 30.5 Å². The number of methoxy groups -OCH3 is 1. The Hall–Kier alpha value is -1.89. The Morgan fingerprint density at radius 3 is 2.68 bits per heavy atom. The topological polar surface area (TPSA) is 73.9 Å². The second kappa shape index (κ2) is 6.08. The zero-order chi connectivity index (χ0) is 15.7. The predicted molar refractivity (Wildman–Crippen MR) is 89.6 cm³/mol. The molecule has 0 aliphatic heterocycles. The Bertz CT molecular complexity index is 837. The van der Waals surface area contributed by atoms with Crippen LogP contribution in [0.5, 0.6) is 5.75 Å². The lowest BCUT2D eigenvalue weighted by atomic mass is 10.1. The molecule has 0 amide bonds. The highest BCUT2D eigenvalue weighted by Crippen LogP contribution is 2.39. The number of hydrogen-bond acceptors (Lipinski definition) is 6. The van der Waals surface area contributed by atoms with Crippen LogP contribution in [-0.2, 0) is 0 Å². The average Bonchev–Trinajstić information content (AvgIpc) is 2.89. The maximum atomic E-state index is 6.18.